The topological polar surface area (TPSA) is 89.3 Å². The molecule has 1 fully saturated rings. The van der Waals surface area contributed by atoms with E-state index < -0.39 is 35.5 Å². The second-order valence-corrected chi connectivity index (χ2v) is 7.65. The molecule has 0 aliphatic heterocycles. The van der Waals surface area contributed by atoms with Gasteiger partial charge >= 0.3 is 12.5 Å². The summed E-state index contributed by atoms with van der Waals surface area (Å²) in [7, 11) is 0. The Labute approximate surface area is 182 Å². The second kappa shape index (κ2) is 7.90. The molecule has 1 saturated carbocycles. The van der Waals surface area contributed by atoms with Gasteiger partial charge in [0.1, 0.15) is 17.0 Å². The number of carbonyl (C=O) groups is 1. The number of benzene rings is 1. The Morgan fingerprint density at radius 1 is 1.06 bits per heavy atom. The number of nitrogens with zero attached hydrogens (tertiary/aromatic N) is 3. The predicted octanol–water partition coefficient (Wildman–Crippen LogP) is 4.58. The first-order valence-corrected chi connectivity index (χ1v) is 9.68. The average molecular weight is 474 g/mol. The normalized spacial score (nSPS) is 15.8. The molecule has 1 aliphatic carbocycles. The van der Waals surface area contributed by atoms with Gasteiger partial charge in [-0.15, -0.1) is 13.2 Å². The van der Waals surface area contributed by atoms with Gasteiger partial charge in [0.25, 0.3) is 0 Å². The number of aliphatic hydroxyl groups is 1. The van der Waals surface area contributed by atoms with E-state index >= 15 is 0 Å². The van der Waals surface area contributed by atoms with Crippen molar-refractivity contribution in [1.29, 1.82) is 0 Å². The van der Waals surface area contributed by atoms with Crippen LogP contribution in [0.15, 0.2) is 36.4 Å². The summed E-state index contributed by atoms with van der Waals surface area (Å²) in [5.74, 6) is -1.37. The molecule has 1 aromatic carbocycles. The van der Waals surface area contributed by atoms with Crippen LogP contribution in [0.2, 0.25) is 0 Å². The third kappa shape index (κ3) is 5.02. The molecule has 0 saturated heterocycles. The van der Waals surface area contributed by atoms with E-state index in [0.29, 0.717) is 12.8 Å². The third-order valence-electron chi connectivity index (χ3n) is 5.15. The van der Waals surface area contributed by atoms with Crippen molar-refractivity contribution in [3.63, 3.8) is 0 Å². The lowest BCUT2D eigenvalue weighted by Crippen LogP contribution is -2.40. The molecule has 33 heavy (non-hydrogen) atoms. The van der Waals surface area contributed by atoms with Crippen molar-refractivity contribution in [3.8, 4) is 11.4 Å². The number of pyridine rings is 1. The van der Waals surface area contributed by atoms with E-state index in [9.17, 15) is 36.2 Å². The number of aromatic nitrogens is 3. The molecular weight excluding hydrogens is 458 g/mol. The van der Waals surface area contributed by atoms with Crippen LogP contribution < -0.4 is 10.1 Å². The van der Waals surface area contributed by atoms with Crippen molar-refractivity contribution in [1.82, 2.24) is 14.5 Å². The lowest BCUT2D eigenvalue weighted by molar-refractivity contribution is -0.274. The molecule has 0 radical (unpaired) electrons. The highest BCUT2D eigenvalue weighted by Crippen LogP contribution is 2.35. The van der Waals surface area contributed by atoms with Gasteiger partial charge in [-0.2, -0.15) is 13.2 Å². The van der Waals surface area contributed by atoms with Gasteiger partial charge in [-0.05, 0) is 55.7 Å². The molecule has 13 heteroatoms. The molecule has 176 valence electrons. The van der Waals surface area contributed by atoms with Gasteiger partial charge in [0.05, 0.1) is 17.7 Å². The average Bonchev–Trinajstić information content (AvgIpc) is 3.02. The van der Waals surface area contributed by atoms with Crippen molar-refractivity contribution in [3.05, 3.63) is 42.1 Å². The van der Waals surface area contributed by atoms with Gasteiger partial charge < -0.3 is 9.84 Å². The van der Waals surface area contributed by atoms with Crippen LogP contribution in [0.1, 0.15) is 31.4 Å². The number of hydrogen-bond acceptors (Lipinski definition) is 5. The van der Waals surface area contributed by atoms with E-state index in [1.165, 1.54) is 0 Å². The zero-order valence-electron chi connectivity index (χ0n) is 16.7. The van der Waals surface area contributed by atoms with Gasteiger partial charge in [0.15, 0.2) is 5.65 Å². The van der Waals surface area contributed by atoms with E-state index in [-0.39, 0.29) is 29.2 Å². The number of halogens is 6. The lowest BCUT2D eigenvalue weighted by atomic mass is 9.78. The van der Waals surface area contributed by atoms with Gasteiger partial charge in [-0.3, -0.25) is 14.7 Å². The minimum Gasteiger partial charge on any atom is -0.406 e. The van der Waals surface area contributed by atoms with E-state index in [1.807, 2.05) is 0 Å². The highest BCUT2D eigenvalue weighted by Gasteiger charge is 2.37. The predicted molar refractivity (Wildman–Crippen MR) is 103 cm³/mol. The van der Waals surface area contributed by atoms with Crippen LogP contribution in [-0.4, -0.2) is 37.5 Å². The number of nitrogens with one attached hydrogen (secondary N) is 1. The summed E-state index contributed by atoms with van der Waals surface area (Å²) in [5, 5.41) is 12.7. The molecule has 2 heterocycles. The zero-order chi connectivity index (χ0) is 24.0. The molecule has 1 aliphatic rings. The van der Waals surface area contributed by atoms with Crippen molar-refractivity contribution >= 4 is 23.0 Å². The molecule has 0 spiro atoms. The van der Waals surface area contributed by atoms with Crippen LogP contribution in [0, 0.1) is 0 Å². The molecular formula is C20H16F6N4O3. The largest absolute Gasteiger partial charge is 0.573 e. The van der Waals surface area contributed by atoms with Crippen LogP contribution in [0.25, 0.3) is 16.9 Å². The Kier molecular flexibility index (Phi) is 5.47. The highest BCUT2D eigenvalue weighted by atomic mass is 19.4. The first-order valence-electron chi connectivity index (χ1n) is 9.68. The van der Waals surface area contributed by atoms with Crippen LogP contribution in [-0.2, 0) is 11.0 Å². The number of ether oxygens (including phenoxy) is 1. The summed E-state index contributed by atoms with van der Waals surface area (Å²) in [4.78, 5) is 20.2. The number of alkyl halides is 6. The summed E-state index contributed by atoms with van der Waals surface area (Å²) in [5.41, 5.74) is -2.55. The molecule has 0 unspecified atom stereocenters. The van der Waals surface area contributed by atoms with E-state index in [2.05, 4.69) is 20.0 Å². The van der Waals surface area contributed by atoms with Crippen molar-refractivity contribution in [2.75, 3.05) is 5.32 Å². The van der Waals surface area contributed by atoms with Crippen molar-refractivity contribution in [2.24, 2.45) is 0 Å². The van der Waals surface area contributed by atoms with Crippen molar-refractivity contribution < 1.29 is 41.0 Å². The standard InChI is InChI=1S/C20H16F6N4O3/c21-19(22,23)14-7-6-13-16(28-14)30(11-2-4-12(5-3-11)33-20(24,25)26)17(27-13)29-15(31)10-18(32)8-1-9-18/h2-7,32H,1,8-10H2,(H,27,29,31). The number of amides is 1. The second-order valence-electron chi connectivity index (χ2n) is 7.65. The van der Waals surface area contributed by atoms with Crippen molar-refractivity contribution in [2.45, 2.75) is 43.8 Å². The molecule has 2 aromatic heterocycles. The number of carbonyl (C=O) groups excluding carboxylic acids is 1. The van der Waals surface area contributed by atoms with Gasteiger partial charge in [0, 0.05) is 0 Å². The number of rotatable bonds is 5. The summed E-state index contributed by atoms with van der Waals surface area (Å²) < 4.78 is 81.8. The van der Waals surface area contributed by atoms with E-state index in [1.54, 1.807) is 0 Å². The quantitative estimate of drug-likeness (QED) is 0.529. The maximum absolute atomic E-state index is 13.2. The Bertz CT molecular complexity index is 1180. The third-order valence-corrected chi connectivity index (χ3v) is 5.15. The fourth-order valence-electron chi connectivity index (χ4n) is 3.47. The smallest absolute Gasteiger partial charge is 0.406 e. The lowest BCUT2D eigenvalue weighted by Gasteiger charge is -2.35. The Hall–Kier alpha value is -3.35. The minimum absolute atomic E-state index is 0.0104. The summed E-state index contributed by atoms with van der Waals surface area (Å²) in [6.07, 6.45) is -8.28. The number of fused-ring (bicyclic) bond motifs is 1. The summed E-state index contributed by atoms with van der Waals surface area (Å²) >= 11 is 0. The zero-order valence-corrected chi connectivity index (χ0v) is 16.7. The molecule has 1 amide bonds. The van der Waals surface area contributed by atoms with Crippen LogP contribution in [0.3, 0.4) is 0 Å². The van der Waals surface area contributed by atoms with Gasteiger partial charge in [0.2, 0.25) is 11.9 Å². The summed E-state index contributed by atoms with van der Waals surface area (Å²) in [6.45, 7) is 0. The number of imidazole rings is 1. The first kappa shape index (κ1) is 22.8. The minimum atomic E-state index is -4.92. The molecule has 3 aromatic rings. The first-order chi connectivity index (χ1) is 15.3. The van der Waals surface area contributed by atoms with Crippen LogP contribution in [0.4, 0.5) is 32.3 Å². The summed E-state index contributed by atoms with van der Waals surface area (Å²) in [6, 6.07) is 6.02. The monoisotopic (exact) mass is 474 g/mol. The Morgan fingerprint density at radius 2 is 1.73 bits per heavy atom. The Morgan fingerprint density at radius 3 is 2.27 bits per heavy atom. The number of anilines is 1. The van der Waals surface area contributed by atoms with Gasteiger partial charge in [-0.25, -0.2) is 9.97 Å². The Balaban J connectivity index is 1.75. The van der Waals surface area contributed by atoms with E-state index in [4.69, 9.17) is 0 Å². The van der Waals surface area contributed by atoms with E-state index in [0.717, 1.165) is 47.4 Å². The molecule has 0 atom stereocenters. The molecule has 7 nitrogen and oxygen atoms in total. The highest BCUT2D eigenvalue weighted by molar-refractivity contribution is 5.92. The number of hydrogen-bond donors (Lipinski definition) is 2. The fourth-order valence-corrected chi connectivity index (χ4v) is 3.47. The fraction of sp³-hybridized carbons (Fsp3) is 0.350. The van der Waals surface area contributed by atoms with Crippen LogP contribution in [0.5, 0.6) is 5.75 Å². The molecule has 4 rings (SSSR count). The molecule has 2 N–H and O–H groups in total. The van der Waals surface area contributed by atoms with Crippen LogP contribution >= 0.6 is 0 Å². The molecule has 0 bridgehead atoms. The van der Waals surface area contributed by atoms with Gasteiger partial charge in [-0.1, -0.05) is 0 Å². The maximum atomic E-state index is 13.2. The maximum Gasteiger partial charge on any atom is 0.573 e. The SMILES string of the molecule is O=C(CC1(O)CCC1)Nc1nc2ccc(C(F)(F)F)nc2n1-c1ccc(OC(F)(F)F)cc1.